The minimum Gasteiger partial charge on any atom is -0.344 e. The van der Waals surface area contributed by atoms with E-state index in [1.54, 1.807) is 48.7 Å². The number of pyridine rings is 1. The maximum absolute atomic E-state index is 9.31. The number of rotatable bonds is 2. The average molecular weight is 270 g/mol. The second-order valence-corrected chi connectivity index (χ2v) is 3.88. The van der Waals surface area contributed by atoms with Crippen molar-refractivity contribution in [3.63, 3.8) is 0 Å². The Morgan fingerprint density at radius 3 is 2.38 bits per heavy atom. The monoisotopic (exact) mass is 270 g/mol. The molecule has 0 aliphatic carbocycles. The number of hydrogen-bond acceptors (Lipinski definition) is 6. The molecule has 6 nitrogen and oxygen atoms in total. The van der Waals surface area contributed by atoms with Gasteiger partial charge in [0.2, 0.25) is 0 Å². The van der Waals surface area contributed by atoms with Gasteiger partial charge in [-0.25, -0.2) is 0 Å². The lowest BCUT2D eigenvalue weighted by Crippen LogP contribution is -2.03. The maximum Gasteiger partial charge on any atom is 0.163 e. The summed E-state index contributed by atoms with van der Waals surface area (Å²) in [6.07, 6.45) is 1.61. The summed E-state index contributed by atoms with van der Waals surface area (Å²) in [4.78, 5) is 4.14. The van der Waals surface area contributed by atoms with Crippen LogP contribution in [0.4, 0.5) is 5.69 Å². The van der Waals surface area contributed by atoms with Gasteiger partial charge in [-0.15, -0.1) is 0 Å². The van der Waals surface area contributed by atoms with Crippen molar-refractivity contribution in [2.45, 2.75) is 0 Å². The first-order valence-corrected chi connectivity index (χ1v) is 5.74. The van der Waals surface area contributed by atoms with Gasteiger partial charge in [-0.05, 0) is 24.3 Å². The molecule has 0 unspecified atom stereocenters. The third kappa shape index (κ3) is 2.47. The van der Waals surface area contributed by atoms with Crippen LogP contribution in [-0.2, 0) is 0 Å². The third-order valence-electron chi connectivity index (χ3n) is 2.74. The molecule has 1 heterocycles. The summed E-state index contributed by atoms with van der Waals surface area (Å²) in [6, 6.07) is 13.8. The van der Waals surface area contributed by atoms with E-state index in [0.29, 0.717) is 22.2 Å². The highest BCUT2D eigenvalue weighted by Crippen LogP contribution is 2.25. The number of nitrogens with one attached hydrogen (secondary N) is 1. The van der Waals surface area contributed by atoms with E-state index in [0.717, 1.165) is 0 Å². The van der Waals surface area contributed by atoms with Crippen LogP contribution >= 0.6 is 0 Å². The fourth-order valence-electron chi connectivity index (χ4n) is 1.79. The van der Waals surface area contributed by atoms with Gasteiger partial charge in [0.25, 0.3) is 0 Å². The molecule has 0 fully saturated rings. The number of allylic oxidation sites excluding steroid dienone is 2. The van der Waals surface area contributed by atoms with E-state index in [1.807, 2.05) is 6.07 Å². The molecule has 6 heteroatoms. The minimum atomic E-state index is -0.340. The molecule has 1 aromatic heterocycles. The Morgan fingerprint density at radius 1 is 1.00 bits per heavy atom. The quantitative estimate of drug-likeness (QED) is 0.836. The number of nitrogens with zero attached hydrogens (tertiary/aromatic N) is 5. The molecule has 0 amide bonds. The van der Waals surface area contributed by atoms with Crippen molar-refractivity contribution in [3.8, 4) is 24.3 Å². The predicted molar refractivity (Wildman–Crippen MR) is 73.9 cm³/mol. The van der Waals surface area contributed by atoms with Crippen LogP contribution in [0, 0.1) is 45.3 Å². The van der Waals surface area contributed by atoms with Gasteiger partial charge < -0.3 is 5.32 Å². The van der Waals surface area contributed by atoms with E-state index in [4.69, 9.17) is 15.8 Å². The maximum atomic E-state index is 9.31. The van der Waals surface area contributed by atoms with Crippen LogP contribution in [-0.4, -0.2) is 4.98 Å². The summed E-state index contributed by atoms with van der Waals surface area (Å²) in [7, 11) is 0. The Balaban J connectivity index is 2.63. The SMILES string of the molecule is N#CC(C#N)=C(C#N)Nc1ccc2ncccc2c1C#N. The number of benzene rings is 1. The highest BCUT2D eigenvalue weighted by Gasteiger charge is 2.11. The first kappa shape index (κ1) is 13.6. The van der Waals surface area contributed by atoms with Crippen molar-refractivity contribution in [2.24, 2.45) is 0 Å². The van der Waals surface area contributed by atoms with E-state index in [1.165, 1.54) is 0 Å². The topological polar surface area (TPSA) is 120 Å². The molecule has 96 valence electrons. The van der Waals surface area contributed by atoms with Crippen molar-refractivity contribution in [2.75, 3.05) is 5.32 Å². The zero-order chi connectivity index (χ0) is 15.2. The molecule has 0 saturated carbocycles. The Morgan fingerprint density at radius 2 is 1.76 bits per heavy atom. The summed E-state index contributed by atoms with van der Waals surface area (Å²) >= 11 is 0. The van der Waals surface area contributed by atoms with Gasteiger partial charge in [-0.3, -0.25) is 4.98 Å². The van der Waals surface area contributed by atoms with Crippen LogP contribution in [0.1, 0.15) is 5.56 Å². The molecule has 0 radical (unpaired) electrons. The fraction of sp³-hybridized carbons (Fsp3) is 0. The molecule has 0 atom stereocenters. The van der Waals surface area contributed by atoms with E-state index < -0.39 is 0 Å². The largest absolute Gasteiger partial charge is 0.344 e. The number of aromatic nitrogens is 1. The van der Waals surface area contributed by atoms with Crippen LogP contribution in [0.2, 0.25) is 0 Å². The molecule has 2 rings (SSSR count). The second-order valence-electron chi connectivity index (χ2n) is 3.88. The van der Waals surface area contributed by atoms with Crippen LogP contribution in [0.25, 0.3) is 10.9 Å². The number of nitriles is 4. The van der Waals surface area contributed by atoms with E-state index in [2.05, 4.69) is 10.3 Å². The lowest BCUT2D eigenvalue weighted by molar-refractivity contribution is 1.36. The smallest absolute Gasteiger partial charge is 0.163 e. The summed E-state index contributed by atoms with van der Waals surface area (Å²) in [6.45, 7) is 0. The van der Waals surface area contributed by atoms with Crippen molar-refractivity contribution in [1.29, 1.82) is 21.0 Å². The summed E-state index contributed by atoms with van der Waals surface area (Å²) in [5, 5.41) is 39.2. The van der Waals surface area contributed by atoms with Crippen molar-refractivity contribution < 1.29 is 0 Å². The lowest BCUT2D eigenvalue weighted by Gasteiger charge is -2.08. The molecule has 0 bridgehead atoms. The normalized spacial score (nSPS) is 8.76. The number of fused-ring (bicyclic) bond motifs is 1. The third-order valence-corrected chi connectivity index (χ3v) is 2.74. The fourth-order valence-corrected chi connectivity index (χ4v) is 1.79. The molecule has 0 saturated heterocycles. The Labute approximate surface area is 120 Å². The molecule has 21 heavy (non-hydrogen) atoms. The summed E-state index contributed by atoms with van der Waals surface area (Å²) in [5.41, 5.74) is 0.747. The Kier molecular flexibility index (Phi) is 3.78. The van der Waals surface area contributed by atoms with Gasteiger partial charge in [-0.2, -0.15) is 21.0 Å². The predicted octanol–water partition coefficient (Wildman–Crippen LogP) is 2.34. The summed E-state index contributed by atoms with van der Waals surface area (Å²) < 4.78 is 0. The highest BCUT2D eigenvalue weighted by atomic mass is 14.9. The molecule has 0 aliphatic heterocycles. The van der Waals surface area contributed by atoms with Crippen LogP contribution < -0.4 is 5.32 Å². The highest BCUT2D eigenvalue weighted by molar-refractivity contribution is 5.90. The standard InChI is InChI=1S/C15H6N6/c16-6-10(7-17)15(9-19)21-14-4-3-13-11(12(14)8-18)2-1-5-20-13/h1-5,21H. The van der Waals surface area contributed by atoms with Gasteiger partial charge in [0, 0.05) is 11.6 Å². The summed E-state index contributed by atoms with van der Waals surface area (Å²) in [5.74, 6) is 0. The zero-order valence-corrected chi connectivity index (χ0v) is 10.6. The van der Waals surface area contributed by atoms with Gasteiger partial charge in [-0.1, -0.05) is 0 Å². The molecule has 1 N–H and O–H groups in total. The Bertz CT molecular complexity index is 896. The molecular weight excluding hydrogens is 264 g/mol. The first-order chi connectivity index (χ1) is 10.2. The van der Waals surface area contributed by atoms with E-state index in [9.17, 15) is 5.26 Å². The molecular formula is C15H6N6. The van der Waals surface area contributed by atoms with E-state index >= 15 is 0 Å². The second kappa shape index (κ2) is 5.85. The van der Waals surface area contributed by atoms with Crippen LogP contribution in [0.15, 0.2) is 41.7 Å². The Hall–Kier alpha value is -3.87. The van der Waals surface area contributed by atoms with Crippen molar-refractivity contribution in [3.05, 3.63) is 47.3 Å². The molecule has 1 aromatic carbocycles. The molecule has 2 aromatic rings. The molecule has 0 spiro atoms. The lowest BCUT2D eigenvalue weighted by atomic mass is 10.1. The van der Waals surface area contributed by atoms with Gasteiger partial charge in [0.05, 0.1) is 16.8 Å². The first-order valence-electron chi connectivity index (χ1n) is 5.74. The van der Waals surface area contributed by atoms with Gasteiger partial charge in [0.15, 0.2) is 5.57 Å². The zero-order valence-electron chi connectivity index (χ0n) is 10.6. The van der Waals surface area contributed by atoms with Crippen LogP contribution in [0.3, 0.4) is 0 Å². The van der Waals surface area contributed by atoms with Gasteiger partial charge >= 0.3 is 0 Å². The minimum absolute atomic E-state index is 0.195. The van der Waals surface area contributed by atoms with Crippen LogP contribution in [0.5, 0.6) is 0 Å². The number of anilines is 1. The molecule has 0 aliphatic rings. The van der Waals surface area contributed by atoms with Crippen molar-refractivity contribution >= 4 is 16.6 Å². The average Bonchev–Trinajstić information content (AvgIpc) is 2.54. The van der Waals surface area contributed by atoms with Gasteiger partial charge in [0.1, 0.15) is 30.0 Å². The van der Waals surface area contributed by atoms with E-state index in [-0.39, 0.29) is 11.3 Å². The number of hydrogen-bond donors (Lipinski definition) is 1. The van der Waals surface area contributed by atoms with Crippen molar-refractivity contribution in [1.82, 2.24) is 4.98 Å².